The number of aliphatic hydroxyl groups is 1. The number of aliphatic hydroxyl groups excluding tert-OH is 1. The number of carbonyl (C=O) groups excluding carboxylic acids is 4. The predicted octanol–water partition coefficient (Wildman–Crippen LogP) is 22.0. The van der Waals surface area contributed by atoms with E-state index in [9.17, 15) is 43.2 Å². The average Bonchev–Trinajstić information content (AvgIpc) is 0.969. The predicted molar refractivity (Wildman–Crippen MR) is 399 cm³/mol. The first-order valence-corrected chi connectivity index (χ1v) is 41.5. The maximum Gasteiger partial charge on any atom is 0.472 e. The fourth-order valence-electron chi connectivity index (χ4n) is 10.2. The zero-order valence-corrected chi connectivity index (χ0v) is 63.5. The second kappa shape index (κ2) is 71.4. The molecule has 0 aromatic carbocycles. The molecule has 3 N–H and O–H groups in total. The lowest BCUT2D eigenvalue weighted by molar-refractivity contribution is -0.161. The summed E-state index contributed by atoms with van der Waals surface area (Å²) in [6.45, 7) is 4.60. The molecule has 0 radical (unpaired) electrons. The summed E-state index contributed by atoms with van der Waals surface area (Å²) in [7, 11) is -9.96. The van der Waals surface area contributed by atoms with Crippen molar-refractivity contribution >= 4 is 39.5 Å². The average molecular weight is 1420 g/mol. The standard InChI is InChI=1S/C79H138O17P2/c1-5-9-13-17-21-25-29-33-35-36-38-42-44-48-52-56-60-64-77(82)90-70-75(96-79(84)66-62-58-54-50-46-40-32-28-24-20-16-12-8-4)72-94-98(87,88)92-68-73(80)67-91-97(85,86)93-71-74(95-78(83)65-61-57-53-49-45-39-31-27-23-19-15-11-7-3)69-89-76(81)63-59-55-51-47-43-41-37-34-30-26-22-18-14-10-6-2/h9,13,15-16,19-21,25,27-28,31-33,35,38,42,73-75,80H,5-8,10-12,14,17-18,22-24,26,29-30,34,36-37,39-41,43-72H2,1-4H3,(H,85,86)(H,87,88)/b13-9-,19-15-,20-16-,25-21-,31-27-,32-28-,35-33-,42-38-. The van der Waals surface area contributed by atoms with E-state index >= 15 is 0 Å². The van der Waals surface area contributed by atoms with Crippen LogP contribution in [0.2, 0.25) is 0 Å². The largest absolute Gasteiger partial charge is 0.472 e. The second-order valence-corrected chi connectivity index (χ2v) is 28.5. The molecule has 0 fully saturated rings. The van der Waals surface area contributed by atoms with Gasteiger partial charge in [0.25, 0.3) is 0 Å². The van der Waals surface area contributed by atoms with Gasteiger partial charge in [-0.25, -0.2) is 9.13 Å². The Morgan fingerprint density at radius 3 is 0.857 bits per heavy atom. The van der Waals surface area contributed by atoms with Crippen molar-refractivity contribution in [3.63, 3.8) is 0 Å². The van der Waals surface area contributed by atoms with Crippen molar-refractivity contribution in [3.8, 4) is 0 Å². The molecule has 17 nitrogen and oxygen atoms in total. The summed E-state index contributed by atoms with van der Waals surface area (Å²) >= 11 is 0. The van der Waals surface area contributed by atoms with Crippen LogP contribution in [0.25, 0.3) is 0 Å². The molecule has 0 saturated heterocycles. The Balaban J connectivity index is 5.35. The molecule has 0 spiro atoms. The van der Waals surface area contributed by atoms with Gasteiger partial charge in [0.05, 0.1) is 26.4 Å². The molecule has 0 aromatic heterocycles. The maximum absolute atomic E-state index is 13.1. The molecule has 98 heavy (non-hydrogen) atoms. The van der Waals surface area contributed by atoms with E-state index in [1.165, 1.54) is 70.6 Å². The molecule has 0 aromatic rings. The zero-order chi connectivity index (χ0) is 71.8. The third-order valence-electron chi connectivity index (χ3n) is 16.0. The Morgan fingerprint density at radius 2 is 0.551 bits per heavy atom. The van der Waals surface area contributed by atoms with Gasteiger partial charge in [0.1, 0.15) is 19.3 Å². The van der Waals surface area contributed by atoms with E-state index in [1.54, 1.807) is 0 Å². The summed E-state index contributed by atoms with van der Waals surface area (Å²) < 4.78 is 68.4. The lowest BCUT2D eigenvalue weighted by Gasteiger charge is -2.21. The highest BCUT2D eigenvalue weighted by Gasteiger charge is 2.30. The van der Waals surface area contributed by atoms with Gasteiger partial charge in [-0.1, -0.05) is 279 Å². The van der Waals surface area contributed by atoms with Gasteiger partial charge in [0, 0.05) is 25.7 Å². The minimum atomic E-state index is -4.98. The first kappa shape index (κ1) is 94.0. The van der Waals surface area contributed by atoms with Crippen LogP contribution >= 0.6 is 15.6 Å². The Hall–Kier alpha value is -4.02. The maximum atomic E-state index is 13.1. The SMILES string of the molecule is CC/C=C\C/C=C\C/C=C\C/C=C\CCCCCCC(=O)OCC(COP(=O)(O)OCC(O)COP(=O)(O)OCC(COC(=O)CCCCCCCCCCCCCCCCC)OC(=O)CCCCCCC/C=C\C/C=C\CCC)OC(=O)CCCCCCC/C=C\C/C=C\CCC. The quantitative estimate of drug-likeness (QED) is 0.0169. The van der Waals surface area contributed by atoms with Crippen LogP contribution in [0.3, 0.4) is 0 Å². The lowest BCUT2D eigenvalue weighted by atomic mass is 10.0. The van der Waals surface area contributed by atoms with Crippen LogP contribution in [-0.4, -0.2) is 96.7 Å². The molecule has 5 unspecified atom stereocenters. The van der Waals surface area contributed by atoms with Crippen molar-refractivity contribution in [2.24, 2.45) is 0 Å². The third-order valence-corrected chi connectivity index (χ3v) is 17.9. The molecule has 0 heterocycles. The number of rotatable bonds is 72. The van der Waals surface area contributed by atoms with E-state index in [1.807, 2.05) is 0 Å². The number of hydrogen-bond acceptors (Lipinski definition) is 15. The molecule has 0 aliphatic carbocycles. The summed E-state index contributed by atoms with van der Waals surface area (Å²) in [5, 5.41) is 10.6. The van der Waals surface area contributed by atoms with E-state index in [4.69, 9.17) is 37.0 Å². The highest BCUT2D eigenvalue weighted by molar-refractivity contribution is 7.47. The van der Waals surface area contributed by atoms with Gasteiger partial charge in [-0.2, -0.15) is 0 Å². The number of allylic oxidation sites excluding steroid dienone is 16. The zero-order valence-electron chi connectivity index (χ0n) is 61.7. The Bertz CT molecular complexity index is 2240. The lowest BCUT2D eigenvalue weighted by Crippen LogP contribution is -2.30. The number of phosphoric acid groups is 2. The van der Waals surface area contributed by atoms with E-state index in [2.05, 4.69) is 125 Å². The van der Waals surface area contributed by atoms with Gasteiger partial charge < -0.3 is 33.8 Å². The number of esters is 4. The summed E-state index contributed by atoms with van der Waals surface area (Å²) in [5.74, 6) is -2.22. The Morgan fingerprint density at radius 1 is 0.296 bits per heavy atom. The molecular weight excluding hydrogens is 1280 g/mol. The first-order valence-electron chi connectivity index (χ1n) is 38.5. The van der Waals surface area contributed by atoms with Crippen LogP contribution < -0.4 is 0 Å². The number of carbonyl (C=O) groups is 4. The van der Waals surface area contributed by atoms with Crippen LogP contribution in [0.5, 0.6) is 0 Å². The minimum Gasteiger partial charge on any atom is -0.462 e. The molecule has 0 bridgehead atoms. The van der Waals surface area contributed by atoms with E-state index < -0.39 is 97.5 Å². The number of unbranched alkanes of at least 4 members (excludes halogenated alkanes) is 30. The summed E-state index contributed by atoms with van der Waals surface area (Å²) in [4.78, 5) is 72.8. The van der Waals surface area contributed by atoms with Crippen LogP contribution in [0, 0.1) is 0 Å². The van der Waals surface area contributed by atoms with Crippen LogP contribution in [0.4, 0.5) is 0 Å². The molecule has 0 saturated carbocycles. The third kappa shape index (κ3) is 70.4. The van der Waals surface area contributed by atoms with Crippen LogP contribution in [0.1, 0.15) is 323 Å². The monoisotopic (exact) mass is 1420 g/mol. The van der Waals surface area contributed by atoms with Gasteiger partial charge in [-0.05, 0) is 116 Å². The van der Waals surface area contributed by atoms with E-state index in [0.717, 1.165) is 173 Å². The van der Waals surface area contributed by atoms with Crippen molar-refractivity contribution in [2.75, 3.05) is 39.6 Å². The van der Waals surface area contributed by atoms with Gasteiger partial charge in [0.15, 0.2) is 12.2 Å². The summed E-state index contributed by atoms with van der Waals surface area (Å²) in [6.07, 6.45) is 73.9. The highest BCUT2D eigenvalue weighted by atomic mass is 31.2. The summed E-state index contributed by atoms with van der Waals surface area (Å²) in [5.41, 5.74) is 0. The van der Waals surface area contributed by atoms with Crippen molar-refractivity contribution in [1.82, 2.24) is 0 Å². The van der Waals surface area contributed by atoms with Crippen molar-refractivity contribution in [3.05, 3.63) is 97.2 Å². The molecule has 5 atom stereocenters. The molecule has 0 rings (SSSR count). The van der Waals surface area contributed by atoms with E-state index in [0.29, 0.717) is 25.7 Å². The van der Waals surface area contributed by atoms with Crippen molar-refractivity contribution < 1.29 is 80.2 Å². The number of phosphoric ester groups is 2. The van der Waals surface area contributed by atoms with Crippen LogP contribution in [-0.2, 0) is 65.4 Å². The van der Waals surface area contributed by atoms with Gasteiger partial charge in [-0.3, -0.25) is 37.3 Å². The topological polar surface area (TPSA) is 237 Å². The summed E-state index contributed by atoms with van der Waals surface area (Å²) in [6, 6.07) is 0. The van der Waals surface area contributed by atoms with Crippen LogP contribution in [0.15, 0.2) is 97.2 Å². The molecule has 19 heteroatoms. The number of ether oxygens (including phenoxy) is 4. The van der Waals surface area contributed by atoms with Crippen molar-refractivity contribution in [1.29, 1.82) is 0 Å². The Labute approximate surface area is 595 Å². The van der Waals surface area contributed by atoms with Crippen molar-refractivity contribution in [2.45, 2.75) is 341 Å². The molecule has 0 aliphatic heterocycles. The highest BCUT2D eigenvalue weighted by Crippen LogP contribution is 2.45. The fraction of sp³-hybridized carbons (Fsp3) is 0.747. The molecule has 566 valence electrons. The molecular formula is C79H138O17P2. The fourth-order valence-corrected chi connectivity index (χ4v) is 11.7. The van der Waals surface area contributed by atoms with Gasteiger partial charge >= 0.3 is 39.5 Å². The molecule has 0 amide bonds. The molecule has 0 aliphatic rings. The number of hydrogen-bond donors (Lipinski definition) is 3. The minimum absolute atomic E-state index is 0.0725. The van der Waals surface area contributed by atoms with Gasteiger partial charge in [0.2, 0.25) is 0 Å². The van der Waals surface area contributed by atoms with Gasteiger partial charge in [-0.15, -0.1) is 0 Å². The smallest absolute Gasteiger partial charge is 0.462 e. The Kier molecular flexibility index (Phi) is 68.4. The first-order chi connectivity index (χ1) is 47.7. The normalized spacial score (nSPS) is 14.5. The second-order valence-electron chi connectivity index (χ2n) is 25.6. The van der Waals surface area contributed by atoms with E-state index in [-0.39, 0.29) is 25.7 Å².